The van der Waals surface area contributed by atoms with Crippen LogP contribution in [-0.2, 0) is 87.0 Å². The molecule has 3 amide bonds. The summed E-state index contributed by atoms with van der Waals surface area (Å²) in [7, 11) is -7.53. The van der Waals surface area contributed by atoms with Crippen LogP contribution in [0.3, 0.4) is 0 Å². The molecule has 36 heteroatoms. The quantitative estimate of drug-likeness (QED) is 0.0148. The number of aromatic nitrogens is 2. The van der Waals surface area contributed by atoms with Crippen LogP contribution in [-0.4, -0.2) is 228 Å². The number of carboxylic acid groups (broad SMARTS) is 3. The van der Waals surface area contributed by atoms with Crippen LogP contribution in [0.25, 0.3) is 21.5 Å². The van der Waals surface area contributed by atoms with Crippen molar-refractivity contribution in [3.8, 4) is 11.8 Å². The molecule has 4 aromatic rings. The Morgan fingerprint density at radius 2 is 0.933 bits per heavy atom. The normalized spacial score (nSPS) is 23.2. The third kappa shape index (κ3) is 28.9. The number of nitrogens with zero attached hydrogens (tertiary/aromatic N) is 3. The number of aliphatic hydroxyl groups is 4. The third-order valence-electron chi connectivity index (χ3n) is 20.8. The highest BCUT2D eigenvalue weighted by Crippen LogP contribution is 2.58. The minimum absolute atomic E-state index is 0.0219. The number of ketones is 2. The second kappa shape index (κ2) is 41.0. The molecule has 34 nitrogen and oxygen atoms in total. The number of hydrogen-bond donors (Lipinski definition) is 11. The number of aliphatic carboxylic acids is 3. The van der Waals surface area contributed by atoms with Gasteiger partial charge >= 0.3 is 35.8 Å². The Balaban J connectivity index is 0.000000267. The third-order valence-corrected chi connectivity index (χ3v) is 24.4. The van der Waals surface area contributed by atoms with Gasteiger partial charge in [0, 0.05) is 55.4 Å². The van der Waals surface area contributed by atoms with Crippen molar-refractivity contribution in [1.82, 2.24) is 29.6 Å². The molecule has 0 unspecified atom stereocenters. The standard InChI is InChI=1S/C35H45N3O9S.C25H29N3O5S.2C10H18O5.C4H9NO3/c1-7-23-17-35(23,33(43)37-48(44,45)25-9-10-25)18-29(40)28-15-24(46-31-26-11-8-20(2)14-22(26)12-13-36-31)19-38(28)32(42)27(21(3)39)16-30(41)47-34(4,5)6;1-3-17-12-25(17,24(30)28-34(31,32)19-5-6-19)13-22(29)21-11-18(14-27-21)33-23-20-7-4-15(2)10-16(20)8-9-26-23;2*1-6(11)7(9(13)14)5-8(12)15-10(2,3)4;1-2(6)3(5)4(7)8/h7-8,11-14,21,23-25,27-28,39H,1,9-10,15-19H2,2-6H3,(H,37,43);3-4,7-10,17-19,21,27H,1,5-6,11-14H2,2H3,(H,28,30);2*6-7,11H,5H2,1-4H3,(H,13,14);2-3,6H,5H2,1H3,(H,7,8)/t21-,23+,24+,27-,28-,35+;17-,18-,21+,25-;2*6-,7-;2-,3-/m01000/s1. The van der Waals surface area contributed by atoms with E-state index in [2.05, 4.69) is 44.0 Å². The van der Waals surface area contributed by atoms with Gasteiger partial charge in [-0.05, 0) is 189 Å². The molecule has 4 heterocycles. The zero-order valence-electron chi connectivity index (χ0n) is 70.7. The maximum Gasteiger partial charge on any atom is 0.323 e. The number of nitrogens with one attached hydrogen (secondary N) is 3. The summed E-state index contributed by atoms with van der Waals surface area (Å²) in [5.74, 6) is -11.2. The summed E-state index contributed by atoms with van der Waals surface area (Å²) in [6.07, 6.45) is 3.08. The molecule has 6 aliphatic rings. The number of rotatable bonds is 32. The molecule has 2 aromatic carbocycles. The molecule has 0 bridgehead atoms. The van der Waals surface area contributed by atoms with Crippen molar-refractivity contribution in [2.24, 2.45) is 46.2 Å². The summed E-state index contributed by atoms with van der Waals surface area (Å²) in [4.78, 5) is 144. The number of fused-ring (bicyclic) bond motifs is 2. The molecule has 16 atom stereocenters. The molecule has 120 heavy (non-hydrogen) atoms. The van der Waals surface area contributed by atoms with Crippen molar-refractivity contribution >= 4 is 107 Å². The van der Waals surface area contributed by atoms with E-state index in [1.807, 2.05) is 56.3 Å². The number of likely N-dealkylation sites (tertiary alicyclic amines) is 1. The number of aliphatic hydroxyl groups excluding tert-OH is 4. The molecule has 6 fully saturated rings. The average molecular weight is 1720 g/mol. The van der Waals surface area contributed by atoms with Gasteiger partial charge in [-0.2, -0.15) is 0 Å². The zero-order valence-corrected chi connectivity index (χ0v) is 72.4. The van der Waals surface area contributed by atoms with Crippen LogP contribution in [0.4, 0.5) is 0 Å². The lowest BCUT2D eigenvalue weighted by Crippen LogP contribution is -2.48. The van der Waals surface area contributed by atoms with Crippen LogP contribution >= 0.6 is 0 Å². The van der Waals surface area contributed by atoms with Crippen LogP contribution in [0.1, 0.15) is 185 Å². The molecule has 0 spiro atoms. The van der Waals surface area contributed by atoms with E-state index in [0.717, 1.165) is 32.7 Å². The number of allylic oxidation sites excluding steroid dienone is 2. The van der Waals surface area contributed by atoms with Crippen molar-refractivity contribution in [2.45, 2.75) is 269 Å². The summed E-state index contributed by atoms with van der Waals surface area (Å²) >= 11 is 0. The molecule has 2 saturated heterocycles. The van der Waals surface area contributed by atoms with E-state index in [1.54, 1.807) is 80.8 Å². The Morgan fingerprint density at radius 3 is 1.26 bits per heavy atom. The largest absolute Gasteiger partial charge is 0.481 e. The lowest BCUT2D eigenvalue weighted by atomic mass is 9.90. The molecule has 2 aliphatic heterocycles. The van der Waals surface area contributed by atoms with Gasteiger partial charge < -0.3 is 75.4 Å². The number of carboxylic acids is 3. The Bertz CT molecular complexity index is 4610. The van der Waals surface area contributed by atoms with Gasteiger partial charge in [-0.25, -0.2) is 26.8 Å². The number of carbonyl (C=O) groups is 11. The van der Waals surface area contributed by atoms with Crippen molar-refractivity contribution in [2.75, 3.05) is 13.1 Å². The molecule has 0 radical (unpaired) electrons. The van der Waals surface area contributed by atoms with Crippen LogP contribution in [0, 0.1) is 54.3 Å². The highest BCUT2D eigenvalue weighted by molar-refractivity contribution is 7.91. The monoisotopic (exact) mass is 1720 g/mol. The second-order valence-corrected chi connectivity index (χ2v) is 38.8. The topological polar surface area (TPSA) is 535 Å². The number of amides is 3. The first kappa shape index (κ1) is 99.4. The summed E-state index contributed by atoms with van der Waals surface area (Å²) in [5, 5.41) is 68.6. The summed E-state index contributed by atoms with van der Waals surface area (Å²) in [5.41, 5.74) is 2.67. The lowest BCUT2D eigenvalue weighted by Gasteiger charge is -2.30. The summed E-state index contributed by atoms with van der Waals surface area (Å²) in [6.45, 7) is 32.6. The van der Waals surface area contributed by atoms with E-state index in [0.29, 0.717) is 56.8 Å². The number of carbonyl (C=O) groups excluding carboxylic acids is 8. The number of pyridine rings is 2. The van der Waals surface area contributed by atoms with Gasteiger partial charge in [0.05, 0.1) is 101 Å². The van der Waals surface area contributed by atoms with E-state index < -0.39 is 196 Å². The Kier molecular flexibility index (Phi) is 33.9. The average Bonchev–Trinajstić information content (AvgIpc) is 1.58. The van der Waals surface area contributed by atoms with Gasteiger partial charge in [0.1, 0.15) is 35.1 Å². The number of benzene rings is 2. The van der Waals surface area contributed by atoms with E-state index in [4.69, 9.17) is 60.1 Å². The molecule has 4 saturated carbocycles. The smallest absolute Gasteiger partial charge is 0.323 e. The second-order valence-electron chi connectivity index (χ2n) is 34.8. The number of nitrogens with two attached hydrogens (primary N) is 1. The van der Waals surface area contributed by atoms with Crippen molar-refractivity contribution in [3.63, 3.8) is 0 Å². The Labute approximate surface area is 699 Å². The van der Waals surface area contributed by atoms with Crippen molar-refractivity contribution in [3.05, 3.63) is 97.4 Å². The number of esters is 3. The predicted octanol–water partition coefficient (Wildman–Crippen LogP) is 6.17. The summed E-state index contributed by atoms with van der Waals surface area (Å²) in [6, 6.07) is 13.0. The number of hydrogen-bond acceptors (Lipinski definition) is 28. The summed E-state index contributed by atoms with van der Waals surface area (Å²) < 4.78 is 82.0. The molecule has 12 N–H and O–H groups in total. The van der Waals surface area contributed by atoms with E-state index in [1.165, 1.54) is 38.7 Å². The number of Topliss-reactive ketones (excluding diaryl/α,β-unsaturated/α-hetero) is 2. The fourth-order valence-electron chi connectivity index (χ4n) is 13.6. The first-order valence-electron chi connectivity index (χ1n) is 39.8. The van der Waals surface area contributed by atoms with Gasteiger partial charge in [-0.15, -0.1) is 13.2 Å². The maximum absolute atomic E-state index is 14.2. The number of sulfonamides is 2. The molecular formula is C84H119N7O27S2. The van der Waals surface area contributed by atoms with E-state index in [9.17, 15) is 74.7 Å². The van der Waals surface area contributed by atoms with E-state index in [-0.39, 0.29) is 62.9 Å². The van der Waals surface area contributed by atoms with Crippen LogP contribution in [0.15, 0.2) is 86.2 Å². The van der Waals surface area contributed by atoms with Crippen LogP contribution < -0.4 is 30.0 Å². The zero-order chi connectivity index (χ0) is 90.4. The van der Waals surface area contributed by atoms with E-state index >= 15 is 0 Å². The van der Waals surface area contributed by atoms with Gasteiger partial charge in [0.25, 0.3) is 0 Å². The highest BCUT2D eigenvalue weighted by atomic mass is 32.2. The minimum Gasteiger partial charge on any atom is -0.481 e. The van der Waals surface area contributed by atoms with Gasteiger partial charge in [-0.1, -0.05) is 47.5 Å². The van der Waals surface area contributed by atoms with Gasteiger partial charge in [0.15, 0.2) is 11.6 Å². The first-order valence-corrected chi connectivity index (χ1v) is 42.9. The lowest BCUT2D eigenvalue weighted by molar-refractivity contribution is -0.162. The minimum atomic E-state index is -3.86. The number of aryl methyl sites for hydroxylation is 2. The van der Waals surface area contributed by atoms with Crippen LogP contribution in [0.5, 0.6) is 11.8 Å². The molecular weight excluding hydrogens is 1600 g/mol. The van der Waals surface area contributed by atoms with Gasteiger partial charge in [-0.3, -0.25) is 62.2 Å². The predicted molar refractivity (Wildman–Crippen MR) is 439 cm³/mol. The maximum atomic E-state index is 14.2. The van der Waals surface area contributed by atoms with Crippen LogP contribution in [0.2, 0.25) is 0 Å². The Hall–Kier alpha value is -9.43. The number of ether oxygens (including phenoxy) is 5. The molecule has 10 rings (SSSR count). The first-order chi connectivity index (χ1) is 55.5. The molecule has 664 valence electrons. The fraction of sp³-hybridized carbons (Fsp3) is 0.607. The van der Waals surface area contributed by atoms with Crippen molar-refractivity contribution in [1.29, 1.82) is 0 Å². The van der Waals surface area contributed by atoms with Crippen molar-refractivity contribution < 1.29 is 129 Å². The SMILES string of the molecule is C=C[C@@H]1C[C@]1(CC(=O)[C@@H]1C[C@@H](Oc2nccc3cc(C)ccc23)CN1)C(=O)NS(=O)(=O)C1CC1.C=C[C@@H]1C[C@]1(CC(=O)[C@@H]1C[C@@H](Oc2nccc3cc(C)ccc23)CN1C(=O)[C@@H](CC(=O)OC(C)(C)C)[C@H](C)O)C(=O)NS(=O)(=O)C1CC1.C[C@H](O)[C@H](CC(=O)OC(C)(C)C)C(=O)O.C[C@H](O)[C@H](CC(=O)OC(C)(C)C)C(=O)O.C[C@H](O)[C@H](N)C(=O)O. The highest BCUT2D eigenvalue weighted by Gasteiger charge is 2.63. The molecule has 2 aromatic heterocycles. The fourth-order valence-corrected chi connectivity index (χ4v) is 16.4. The Morgan fingerprint density at radius 1 is 0.558 bits per heavy atom. The van der Waals surface area contributed by atoms with Gasteiger partial charge in [0.2, 0.25) is 49.5 Å². The molecule has 4 aliphatic carbocycles.